The van der Waals surface area contributed by atoms with E-state index in [1.165, 1.54) is 12.1 Å². The van der Waals surface area contributed by atoms with Crippen molar-refractivity contribution in [3.05, 3.63) is 41.1 Å². The molecule has 4 nitrogen and oxygen atoms in total. The van der Waals surface area contributed by atoms with Gasteiger partial charge < -0.3 is 15.9 Å². The number of pyridine rings is 1. The number of nitrogens with two attached hydrogens (primary N) is 2. The number of aromatic nitrogens is 1. The van der Waals surface area contributed by atoms with Crippen LogP contribution < -0.4 is 11.5 Å². The fraction of sp³-hybridized carbons (Fsp3) is 0. The molecule has 102 valence electrons. The van der Waals surface area contributed by atoms with E-state index in [4.69, 9.17) is 27.5 Å². The second-order valence-corrected chi connectivity index (χ2v) is 4.59. The highest BCUT2D eigenvalue weighted by molar-refractivity contribution is 6.31. The molecule has 0 unspecified atom stereocenters. The van der Waals surface area contributed by atoms with Gasteiger partial charge in [0, 0.05) is 11.6 Å². The molecule has 2 heterocycles. The maximum absolute atomic E-state index is 13.6. The van der Waals surface area contributed by atoms with Crippen LogP contribution in [0.2, 0.25) is 5.02 Å². The predicted octanol–water partition coefficient (Wildman–Crippen LogP) is 3.59. The van der Waals surface area contributed by atoms with Crippen LogP contribution in [-0.2, 0) is 0 Å². The van der Waals surface area contributed by atoms with E-state index in [-0.39, 0.29) is 27.9 Å². The van der Waals surface area contributed by atoms with Gasteiger partial charge in [-0.25, -0.2) is 9.37 Å². The first-order valence-corrected chi connectivity index (χ1v) is 5.94. The zero-order valence-corrected chi connectivity index (χ0v) is 10.7. The highest BCUT2D eigenvalue weighted by Crippen LogP contribution is 2.37. The molecule has 3 rings (SSSR count). The van der Waals surface area contributed by atoms with E-state index in [1.807, 2.05) is 0 Å². The molecular formula is C13H8ClF2N3O. The van der Waals surface area contributed by atoms with Crippen LogP contribution in [0.15, 0.2) is 28.7 Å². The molecule has 20 heavy (non-hydrogen) atoms. The molecule has 0 radical (unpaired) electrons. The van der Waals surface area contributed by atoms with Gasteiger partial charge in [0.25, 0.3) is 0 Å². The first kappa shape index (κ1) is 12.7. The van der Waals surface area contributed by atoms with Crippen LogP contribution in [0, 0.1) is 11.8 Å². The smallest absolute Gasteiger partial charge is 0.214 e. The summed E-state index contributed by atoms with van der Waals surface area (Å²) in [6, 6.07) is 5.02. The molecule has 7 heteroatoms. The quantitative estimate of drug-likeness (QED) is 0.672. The number of hydrogen-bond donors (Lipinski definition) is 2. The van der Waals surface area contributed by atoms with Gasteiger partial charge in [0.1, 0.15) is 17.2 Å². The standard InChI is InChI=1S/C13H8ClF2N3O/c14-7-3-5(1-2-8(7)15)11-12-6(4-9(16)19-11)10(17)13(18)20-12/h1-4H,17-18H2. The van der Waals surface area contributed by atoms with Gasteiger partial charge in [-0.05, 0) is 18.2 Å². The Hall–Kier alpha value is -2.34. The van der Waals surface area contributed by atoms with E-state index < -0.39 is 11.8 Å². The van der Waals surface area contributed by atoms with Crippen molar-refractivity contribution in [3.8, 4) is 11.3 Å². The maximum atomic E-state index is 13.6. The van der Waals surface area contributed by atoms with Crippen LogP contribution in [0.25, 0.3) is 22.2 Å². The van der Waals surface area contributed by atoms with Crippen molar-refractivity contribution in [1.29, 1.82) is 0 Å². The maximum Gasteiger partial charge on any atom is 0.214 e. The molecular weight excluding hydrogens is 288 g/mol. The fourth-order valence-electron chi connectivity index (χ4n) is 1.94. The van der Waals surface area contributed by atoms with Crippen LogP contribution in [0.5, 0.6) is 0 Å². The zero-order chi connectivity index (χ0) is 14.4. The Balaban J connectivity index is 2.35. The summed E-state index contributed by atoms with van der Waals surface area (Å²) in [5, 5.41) is 0.208. The molecule has 0 saturated carbocycles. The largest absolute Gasteiger partial charge is 0.436 e. The average Bonchev–Trinajstić information content (AvgIpc) is 2.69. The first-order chi connectivity index (χ1) is 9.47. The van der Waals surface area contributed by atoms with Gasteiger partial charge in [-0.15, -0.1) is 0 Å². The summed E-state index contributed by atoms with van der Waals surface area (Å²) in [6.45, 7) is 0. The lowest BCUT2D eigenvalue weighted by Gasteiger charge is -2.03. The third-order valence-corrected chi connectivity index (χ3v) is 3.19. The number of halogens is 3. The Labute approximate surface area is 116 Å². The van der Waals surface area contributed by atoms with Crippen molar-refractivity contribution in [2.24, 2.45) is 0 Å². The lowest BCUT2D eigenvalue weighted by molar-refractivity contribution is 0.582. The van der Waals surface area contributed by atoms with Gasteiger partial charge in [0.05, 0.1) is 10.4 Å². The third kappa shape index (κ3) is 1.85. The number of fused-ring (bicyclic) bond motifs is 1. The van der Waals surface area contributed by atoms with E-state index in [0.29, 0.717) is 10.9 Å². The summed E-state index contributed by atoms with van der Waals surface area (Å²) < 4.78 is 32.1. The Morgan fingerprint density at radius 1 is 1.15 bits per heavy atom. The van der Waals surface area contributed by atoms with Crippen LogP contribution in [0.4, 0.5) is 20.4 Å². The van der Waals surface area contributed by atoms with Crippen molar-refractivity contribution >= 4 is 34.1 Å². The van der Waals surface area contributed by atoms with E-state index in [0.717, 1.165) is 12.1 Å². The topological polar surface area (TPSA) is 78.1 Å². The second kappa shape index (κ2) is 4.35. The highest BCUT2D eigenvalue weighted by atomic mass is 35.5. The van der Waals surface area contributed by atoms with Crippen molar-refractivity contribution in [2.75, 3.05) is 11.5 Å². The molecule has 0 aliphatic heterocycles. The monoisotopic (exact) mass is 295 g/mol. The fourth-order valence-corrected chi connectivity index (χ4v) is 2.12. The second-order valence-electron chi connectivity index (χ2n) is 4.18. The lowest BCUT2D eigenvalue weighted by Crippen LogP contribution is -1.92. The van der Waals surface area contributed by atoms with Crippen molar-refractivity contribution in [2.45, 2.75) is 0 Å². The molecule has 0 amide bonds. The summed E-state index contributed by atoms with van der Waals surface area (Å²) in [5.41, 5.74) is 12.2. The van der Waals surface area contributed by atoms with E-state index in [1.54, 1.807) is 0 Å². The number of nitrogen functional groups attached to an aromatic ring is 2. The molecule has 0 aliphatic carbocycles. The molecule has 0 bridgehead atoms. The van der Waals surface area contributed by atoms with Gasteiger partial charge in [0.2, 0.25) is 11.8 Å². The molecule has 0 saturated heterocycles. The van der Waals surface area contributed by atoms with Gasteiger partial charge in [-0.1, -0.05) is 11.6 Å². The predicted molar refractivity (Wildman–Crippen MR) is 73.2 cm³/mol. The molecule has 0 atom stereocenters. The zero-order valence-electron chi connectivity index (χ0n) is 9.95. The minimum absolute atomic E-state index is 0.0261. The molecule has 4 N–H and O–H groups in total. The summed E-state index contributed by atoms with van der Waals surface area (Å²) in [4.78, 5) is 3.74. The summed E-state index contributed by atoms with van der Waals surface area (Å²) in [5.74, 6) is -1.36. The van der Waals surface area contributed by atoms with Crippen molar-refractivity contribution < 1.29 is 13.2 Å². The minimum Gasteiger partial charge on any atom is -0.436 e. The van der Waals surface area contributed by atoms with Gasteiger partial charge in [0.15, 0.2) is 5.58 Å². The van der Waals surface area contributed by atoms with Gasteiger partial charge in [-0.3, -0.25) is 0 Å². The van der Waals surface area contributed by atoms with Crippen molar-refractivity contribution in [1.82, 2.24) is 4.98 Å². The van der Waals surface area contributed by atoms with E-state index in [9.17, 15) is 8.78 Å². The average molecular weight is 296 g/mol. The Bertz CT molecular complexity index is 832. The summed E-state index contributed by atoms with van der Waals surface area (Å²) in [6.07, 6.45) is 0. The first-order valence-electron chi connectivity index (χ1n) is 5.57. The number of hydrogen-bond acceptors (Lipinski definition) is 4. The molecule has 0 fully saturated rings. The minimum atomic E-state index is -0.750. The molecule has 1 aromatic carbocycles. The third-order valence-electron chi connectivity index (χ3n) is 2.90. The molecule has 0 spiro atoms. The SMILES string of the molecule is Nc1oc2c(-c3ccc(F)c(Cl)c3)nc(F)cc2c1N. The Kier molecular flexibility index (Phi) is 2.76. The van der Waals surface area contributed by atoms with Gasteiger partial charge >= 0.3 is 0 Å². The number of furan rings is 1. The molecule has 2 aromatic heterocycles. The summed E-state index contributed by atoms with van der Waals surface area (Å²) in [7, 11) is 0. The number of anilines is 2. The summed E-state index contributed by atoms with van der Waals surface area (Å²) >= 11 is 5.71. The number of nitrogens with zero attached hydrogens (tertiary/aromatic N) is 1. The van der Waals surface area contributed by atoms with Crippen LogP contribution in [0.1, 0.15) is 0 Å². The lowest BCUT2D eigenvalue weighted by atomic mass is 10.1. The Morgan fingerprint density at radius 3 is 2.60 bits per heavy atom. The number of rotatable bonds is 1. The van der Waals surface area contributed by atoms with E-state index >= 15 is 0 Å². The van der Waals surface area contributed by atoms with Gasteiger partial charge in [-0.2, -0.15) is 4.39 Å². The number of benzene rings is 1. The molecule has 0 aliphatic rings. The molecule has 3 aromatic rings. The Morgan fingerprint density at radius 2 is 1.90 bits per heavy atom. The van der Waals surface area contributed by atoms with Crippen molar-refractivity contribution in [3.63, 3.8) is 0 Å². The van der Waals surface area contributed by atoms with Crippen LogP contribution in [-0.4, -0.2) is 4.98 Å². The van der Waals surface area contributed by atoms with Crippen LogP contribution >= 0.6 is 11.6 Å². The van der Waals surface area contributed by atoms with E-state index in [2.05, 4.69) is 4.98 Å². The highest BCUT2D eigenvalue weighted by Gasteiger charge is 2.17. The van der Waals surface area contributed by atoms with Crippen LogP contribution in [0.3, 0.4) is 0 Å². The normalized spacial score (nSPS) is 11.2.